The van der Waals surface area contributed by atoms with E-state index in [2.05, 4.69) is 39.3 Å². The number of carbonyl (C=O) groups is 12. The molecule has 0 bridgehead atoms. The Hall–Kier alpha value is -14.2. The van der Waals surface area contributed by atoms with Gasteiger partial charge in [0.1, 0.15) is 44.1 Å². The number of aliphatic hydroxyl groups excluding tert-OH is 2. The fourth-order valence-electron chi connectivity index (χ4n) is 9.50. The minimum absolute atomic E-state index is 0. The molecule has 10 aromatic rings. The van der Waals surface area contributed by atoms with Gasteiger partial charge in [-0.1, -0.05) is 188 Å². The first kappa shape index (κ1) is 128. The van der Waals surface area contributed by atoms with Gasteiger partial charge in [-0.2, -0.15) is 8.42 Å². The molecule has 4 aromatic heterocycles. The number of nitrogens with two attached hydrogens (primary N) is 1. The number of aromatic nitrogens is 4. The van der Waals surface area contributed by atoms with Gasteiger partial charge in [0.25, 0.3) is 0 Å². The summed E-state index contributed by atoms with van der Waals surface area (Å²) >= 11 is 0. The number of primary amides is 1. The Morgan fingerprint density at radius 1 is 0.543 bits per heavy atom. The zero-order valence-corrected chi connectivity index (χ0v) is 80.3. The maximum Gasteiger partial charge on any atom is 1.00 e. The molecule has 0 aliphatic heterocycles. The number of amides is 4. The van der Waals surface area contributed by atoms with Crippen molar-refractivity contribution < 1.29 is 202 Å². The fourth-order valence-corrected chi connectivity index (χ4v) is 11.2. The van der Waals surface area contributed by atoms with Crippen molar-refractivity contribution in [2.24, 2.45) is 5.73 Å². The summed E-state index contributed by atoms with van der Waals surface area (Å²) in [5.41, 5.74) is 11.1. The van der Waals surface area contributed by atoms with E-state index < -0.39 is 104 Å². The molecule has 744 valence electrons. The van der Waals surface area contributed by atoms with Crippen molar-refractivity contribution in [2.75, 3.05) is 69.1 Å². The van der Waals surface area contributed by atoms with Crippen LogP contribution >= 0.6 is 7.60 Å². The molecule has 6 aromatic carbocycles. The molecular formula is C88H109BN8NaO38PS. The Kier molecular flexibility index (Phi) is 69.6. The largest absolute Gasteiger partial charge is 1.00 e. The number of aliphatic hydroxyl groups is 2. The van der Waals surface area contributed by atoms with Crippen molar-refractivity contribution in [2.45, 2.75) is 78.8 Å². The first-order chi connectivity index (χ1) is 64.9. The molecule has 4 heterocycles. The van der Waals surface area contributed by atoms with Crippen molar-refractivity contribution in [3.8, 4) is 5.69 Å². The maximum atomic E-state index is 12.7. The molecule has 3 atom stereocenters. The molecular weight excluding hydrogens is 1870 g/mol. The van der Waals surface area contributed by atoms with Crippen molar-refractivity contribution in [1.29, 1.82) is 0 Å². The van der Waals surface area contributed by atoms with Crippen LogP contribution in [0, 0.1) is 0 Å². The van der Waals surface area contributed by atoms with Crippen molar-refractivity contribution in [3.05, 3.63) is 309 Å². The molecule has 0 fully saturated rings. The Balaban J connectivity index is -0.00000149. The summed E-state index contributed by atoms with van der Waals surface area (Å²) in [4.78, 5) is 155. The number of allylic oxidation sites excluding steroid dienone is 4. The number of aldehydes is 2. The monoisotopic (exact) mass is 1980 g/mol. The number of nitrogens with zero attached hydrogens (tertiary/aromatic N) is 3. The summed E-state index contributed by atoms with van der Waals surface area (Å²) in [5.74, 6) is -7.32. The summed E-state index contributed by atoms with van der Waals surface area (Å²) < 4.78 is 106. The number of rotatable bonds is 28. The summed E-state index contributed by atoms with van der Waals surface area (Å²) in [7, 11) is -2.80. The molecule has 15 N–H and O–H groups in total. The first-order valence-electron chi connectivity index (χ1n) is 39.5. The first-order valence-corrected chi connectivity index (χ1v) is 42.5. The summed E-state index contributed by atoms with van der Waals surface area (Å²) in [6.45, 7) is 9.28. The van der Waals surface area contributed by atoms with Gasteiger partial charge < -0.3 is 103 Å². The number of benzene rings is 6. The van der Waals surface area contributed by atoms with E-state index in [4.69, 9.17) is 96.1 Å². The number of methoxy groups -OCH3 is 5. The molecule has 11 rings (SSSR count). The van der Waals surface area contributed by atoms with Gasteiger partial charge in [0, 0.05) is 39.8 Å². The number of nitrogens with one attached hydrogen (secondary N) is 4. The summed E-state index contributed by atoms with van der Waals surface area (Å²) in [6.07, 6.45) is 3.97. The van der Waals surface area contributed by atoms with E-state index in [1.165, 1.54) is 41.8 Å². The van der Waals surface area contributed by atoms with E-state index in [1.54, 1.807) is 153 Å². The smallest absolute Gasteiger partial charge is 0.870 e. The Bertz CT molecular complexity index is 5580. The second-order valence-corrected chi connectivity index (χ2v) is 27.9. The molecule has 1 aliphatic carbocycles. The fraction of sp³-hybridized carbons (Fsp3) is 0.250. The predicted octanol–water partition coefficient (Wildman–Crippen LogP) is 4.16. The van der Waals surface area contributed by atoms with Crippen molar-refractivity contribution in [3.63, 3.8) is 0 Å². The molecule has 0 spiro atoms. The number of hydrogen-bond acceptors (Lipinski definition) is 34. The van der Waals surface area contributed by atoms with Gasteiger partial charge in [-0.25, -0.2) is 57.5 Å². The normalized spacial score (nSPS) is 10.7. The third-order valence-corrected chi connectivity index (χ3v) is 17.7. The van der Waals surface area contributed by atoms with Gasteiger partial charge in [0.2, 0.25) is 24.5 Å². The standard InChI is InChI=1S/C15H12N2O3.C15H22NO7P.C12H15NO5.C10H11NO5.C9H8N2O3.C8H9NO2.C6H7BO2.C6H6O.C4H10O.C2H2O3.CH4O.Na.H2O4S.H2O/c1-20-14(18)13-10-12-8-5-9-16(12)15(19)17(13)11-6-3-2-4-7-11;1-4-22-24(19,23-5-2)13(14(17)20-3)16-15(18)21-11-12-9-7-6-8-10-12;1-16-10(11(14)17-2)13-12(15)18-8-9-6-4-3-5-7-9;12-8(9(13)14)11-10(15)16-6-7-4-2-1-3-5-7;1-14-8(12)7-5-6-3-2-4-11(6)9(13)10-7;9-8(10)11-6-7-4-2-1-3-5-7;8-7(9)6-4-2-1-3-5-6;7-5-6-3-1-2-4-6;1-3-5-4-2;3-1-2(4)5;1-2;;1-5(2,3)4;/h2-10H,1H3;6-10,13H,4-5,11H2,1-3H3,(H,16,18);3-7,10H,8H2,1-2H3,(H,13,15);1-5,8,12H,6H2,(H,11,15)(H,13,14);2-5H,1H3,(H,10,13);1-5H,6H2,(H2,9,10);1-5,8-9H;1-3,5H,4H2;3-4H2,1-2H3;1H,(H,4,5);2H,1H3;;(H2,1,2,3,4);1H2/q;;;;;;;;;;;+1;;/p-1. The van der Waals surface area contributed by atoms with E-state index in [9.17, 15) is 62.1 Å². The Morgan fingerprint density at radius 2 is 0.935 bits per heavy atom. The minimum atomic E-state index is -4.67. The Labute approximate surface area is 814 Å². The minimum Gasteiger partial charge on any atom is -0.870 e. The van der Waals surface area contributed by atoms with Crippen LogP contribution < -0.4 is 68.1 Å². The van der Waals surface area contributed by atoms with Crippen LogP contribution in [0.3, 0.4) is 0 Å². The number of ether oxygens (including phenoxy) is 10. The average Bonchev–Trinajstić information content (AvgIpc) is 1.51. The number of fused-ring (bicyclic) bond motifs is 2. The van der Waals surface area contributed by atoms with Gasteiger partial charge in [-0.05, 0) is 116 Å². The number of alkyl carbamates (subject to hydrolysis) is 3. The Morgan fingerprint density at radius 3 is 1.27 bits per heavy atom. The van der Waals surface area contributed by atoms with E-state index in [0.29, 0.717) is 22.2 Å². The zero-order chi connectivity index (χ0) is 102. The summed E-state index contributed by atoms with van der Waals surface area (Å²) in [6, 6.07) is 64.3. The number of aliphatic carboxylic acids is 2. The van der Waals surface area contributed by atoms with Gasteiger partial charge in [-0.15, -0.1) is 0 Å². The SMILES string of the molecule is CCOCC.CCOP(=O)(OCC)C(NC(=O)OCc1ccccc1)C(=O)OC.CO.COC(=O)C(NC(=O)OCc1ccccc1)OC.COC(=O)c1cc2cccn2c(=O)[nH]1.COC(=O)c1cc2cccn2c(=O)n1-c1ccccc1.NC(=O)OCc1ccccc1.O=C(NC(O)C(=O)O)OCc1ccccc1.O=CC(=O)O.O=CC1=CC=CC1.O=S(=O)(O)O.OB(O)c1ccccc1.[Na+].[OH-]. The molecule has 0 radical (unpaired) electrons. The van der Waals surface area contributed by atoms with E-state index >= 15 is 0 Å². The molecule has 46 nitrogen and oxygen atoms in total. The number of carbonyl (C=O) groups excluding carboxylic acids is 10. The number of carboxylic acid groups (broad SMARTS) is 2. The second-order valence-electron chi connectivity index (χ2n) is 24.9. The van der Waals surface area contributed by atoms with Crippen LogP contribution in [0.2, 0.25) is 0 Å². The van der Waals surface area contributed by atoms with Crippen LogP contribution in [-0.2, 0) is 127 Å². The quantitative estimate of drug-likeness (QED) is 0.00478. The molecule has 0 saturated heterocycles. The van der Waals surface area contributed by atoms with Crippen LogP contribution in [0.4, 0.5) is 19.2 Å². The molecule has 0 saturated carbocycles. The molecule has 50 heteroatoms. The van der Waals surface area contributed by atoms with Gasteiger partial charge >= 0.3 is 126 Å². The van der Waals surface area contributed by atoms with Crippen LogP contribution in [-0.4, -0.2) is 239 Å². The van der Waals surface area contributed by atoms with E-state index in [0.717, 1.165) is 68.0 Å². The van der Waals surface area contributed by atoms with Crippen LogP contribution in [0.5, 0.6) is 0 Å². The van der Waals surface area contributed by atoms with Crippen LogP contribution in [0.15, 0.2) is 264 Å². The molecule has 3 unspecified atom stereocenters. The maximum absolute atomic E-state index is 12.7. The van der Waals surface area contributed by atoms with Crippen LogP contribution in [0.25, 0.3) is 16.7 Å². The third kappa shape index (κ3) is 55.6. The number of hydrogen-bond donors (Lipinski definition) is 13. The molecule has 4 amide bonds. The predicted molar refractivity (Wildman–Crippen MR) is 491 cm³/mol. The van der Waals surface area contributed by atoms with Crippen molar-refractivity contribution in [1.82, 2.24) is 34.3 Å². The van der Waals surface area contributed by atoms with Gasteiger partial charge in [0.15, 0.2) is 0 Å². The number of para-hydroxylation sites is 1. The number of esters is 4. The number of aromatic amines is 1. The number of carboxylic acids is 2. The van der Waals surface area contributed by atoms with E-state index in [1.807, 2.05) is 129 Å². The zero-order valence-electron chi connectivity index (χ0n) is 76.6. The summed E-state index contributed by atoms with van der Waals surface area (Å²) in [5, 5.41) is 54.8. The van der Waals surface area contributed by atoms with Gasteiger partial charge in [0.05, 0.1) is 58.4 Å². The van der Waals surface area contributed by atoms with Gasteiger partial charge in [-0.3, -0.25) is 52.6 Å². The third-order valence-electron chi connectivity index (χ3n) is 15.5. The molecule has 138 heavy (non-hydrogen) atoms. The number of H-pyrrole nitrogens is 1. The van der Waals surface area contributed by atoms with Crippen LogP contribution in [0.1, 0.15) is 77.3 Å². The second kappa shape index (κ2) is 75.1. The topological polar surface area (TPSA) is 684 Å². The molecule has 1 aliphatic rings. The van der Waals surface area contributed by atoms with Crippen molar-refractivity contribution >= 4 is 114 Å². The van der Waals surface area contributed by atoms with E-state index in [-0.39, 0.29) is 104 Å². The average molecular weight is 1980 g/mol.